The normalized spacial score (nSPS) is 12.6. The second-order valence-electron chi connectivity index (χ2n) is 5.01. The summed E-state index contributed by atoms with van der Waals surface area (Å²) in [6, 6.07) is 2.00. The molecule has 1 unspecified atom stereocenters. The van der Waals surface area contributed by atoms with Gasteiger partial charge in [0, 0.05) is 12.1 Å². The van der Waals surface area contributed by atoms with Gasteiger partial charge >= 0.3 is 12.1 Å². The van der Waals surface area contributed by atoms with E-state index in [1.807, 2.05) is 0 Å². The molecule has 0 radical (unpaired) electrons. The molecule has 0 N–H and O–H groups in total. The van der Waals surface area contributed by atoms with Crippen molar-refractivity contribution in [3.8, 4) is 11.4 Å². The molecule has 140 valence electrons. The van der Waals surface area contributed by atoms with Crippen molar-refractivity contribution < 1.29 is 31.8 Å². The first-order chi connectivity index (χ1) is 12.0. The Labute approximate surface area is 148 Å². The third kappa shape index (κ3) is 4.13. The highest BCUT2D eigenvalue weighted by Gasteiger charge is 2.32. The summed E-state index contributed by atoms with van der Waals surface area (Å²) >= 11 is 5.83. The molecule has 0 bridgehead atoms. The number of aromatic nitrogens is 2. The summed E-state index contributed by atoms with van der Waals surface area (Å²) in [4.78, 5) is 23.3. The Hall–Kier alpha value is -2.62. The fourth-order valence-corrected chi connectivity index (χ4v) is 2.11. The summed E-state index contributed by atoms with van der Waals surface area (Å²) in [5, 5.41) is 3.11. The summed E-state index contributed by atoms with van der Waals surface area (Å²) < 4.78 is 62.1. The van der Waals surface area contributed by atoms with Crippen molar-refractivity contribution in [2.45, 2.75) is 19.2 Å². The number of methoxy groups -OCH3 is 1. The molecule has 11 heteroatoms. The number of ether oxygens (including phenoxy) is 2. The second kappa shape index (κ2) is 7.32. The predicted octanol–water partition coefficient (Wildman–Crippen LogP) is 2.98. The SMILES string of the molecule is COC(=O)C(C)Oc1cc(-n2ncc(C(F)(F)F)cc2=O)c(F)cc1Cl. The third-order valence-electron chi connectivity index (χ3n) is 3.19. The van der Waals surface area contributed by atoms with Gasteiger partial charge in [0.1, 0.15) is 11.4 Å². The van der Waals surface area contributed by atoms with Crippen molar-refractivity contribution in [3.05, 3.63) is 51.2 Å². The van der Waals surface area contributed by atoms with Crippen LogP contribution < -0.4 is 10.3 Å². The van der Waals surface area contributed by atoms with Crippen molar-refractivity contribution >= 4 is 17.6 Å². The Morgan fingerprint density at radius 3 is 2.50 bits per heavy atom. The van der Waals surface area contributed by atoms with Gasteiger partial charge in [-0.2, -0.15) is 23.0 Å². The molecule has 6 nitrogen and oxygen atoms in total. The summed E-state index contributed by atoms with van der Waals surface area (Å²) in [6.45, 7) is 1.34. The van der Waals surface area contributed by atoms with Crippen LogP contribution in [0.15, 0.2) is 29.2 Å². The Balaban J connectivity index is 2.49. The maximum atomic E-state index is 14.1. The van der Waals surface area contributed by atoms with E-state index in [1.165, 1.54) is 6.92 Å². The van der Waals surface area contributed by atoms with E-state index in [-0.39, 0.29) is 16.8 Å². The lowest BCUT2D eigenvalue weighted by Gasteiger charge is -2.15. The van der Waals surface area contributed by atoms with E-state index in [1.54, 1.807) is 0 Å². The molecule has 0 spiro atoms. The number of nitrogens with zero attached hydrogens (tertiary/aromatic N) is 2. The lowest BCUT2D eigenvalue weighted by molar-refractivity contribution is -0.147. The third-order valence-corrected chi connectivity index (χ3v) is 3.49. The zero-order valence-electron chi connectivity index (χ0n) is 13.3. The molecule has 1 aromatic heterocycles. The van der Waals surface area contributed by atoms with Crippen LogP contribution in [-0.4, -0.2) is 29.0 Å². The van der Waals surface area contributed by atoms with E-state index in [9.17, 15) is 27.2 Å². The Kier molecular flexibility index (Phi) is 5.55. The number of esters is 1. The number of carbonyl (C=O) groups excluding carboxylic acids is 1. The summed E-state index contributed by atoms with van der Waals surface area (Å²) in [6.07, 6.45) is -5.49. The number of carbonyl (C=O) groups is 1. The Bertz CT molecular complexity index is 898. The van der Waals surface area contributed by atoms with Crippen LogP contribution in [0.4, 0.5) is 17.6 Å². The Morgan fingerprint density at radius 2 is 1.96 bits per heavy atom. The topological polar surface area (TPSA) is 70.4 Å². The summed E-state index contributed by atoms with van der Waals surface area (Å²) in [5.41, 5.74) is -2.99. The molecule has 0 aliphatic carbocycles. The van der Waals surface area contributed by atoms with E-state index >= 15 is 0 Å². The minimum atomic E-state index is -4.77. The highest BCUT2D eigenvalue weighted by molar-refractivity contribution is 6.32. The van der Waals surface area contributed by atoms with E-state index < -0.39 is 40.9 Å². The van der Waals surface area contributed by atoms with Crippen LogP contribution in [0, 0.1) is 5.82 Å². The van der Waals surface area contributed by atoms with Crippen molar-refractivity contribution in [1.82, 2.24) is 9.78 Å². The number of halogens is 5. The number of alkyl halides is 3. The molecular weight excluding hydrogens is 384 g/mol. The number of hydrogen-bond donors (Lipinski definition) is 0. The molecule has 0 aliphatic rings. The van der Waals surface area contributed by atoms with Crippen LogP contribution in [0.3, 0.4) is 0 Å². The second-order valence-corrected chi connectivity index (χ2v) is 5.42. The number of hydrogen-bond acceptors (Lipinski definition) is 5. The highest BCUT2D eigenvalue weighted by Crippen LogP contribution is 2.31. The molecule has 0 saturated carbocycles. The molecule has 0 aliphatic heterocycles. The van der Waals surface area contributed by atoms with Crippen LogP contribution in [0.2, 0.25) is 5.02 Å². The lowest BCUT2D eigenvalue weighted by Crippen LogP contribution is -2.26. The lowest BCUT2D eigenvalue weighted by atomic mass is 10.2. The molecule has 1 aromatic carbocycles. The average molecular weight is 395 g/mol. The highest BCUT2D eigenvalue weighted by atomic mass is 35.5. The van der Waals surface area contributed by atoms with Gasteiger partial charge in [-0.15, -0.1) is 0 Å². The van der Waals surface area contributed by atoms with Gasteiger partial charge in [0.15, 0.2) is 11.9 Å². The van der Waals surface area contributed by atoms with Crippen LogP contribution in [-0.2, 0) is 15.7 Å². The van der Waals surface area contributed by atoms with Crippen LogP contribution >= 0.6 is 11.6 Å². The van der Waals surface area contributed by atoms with E-state index in [0.717, 1.165) is 19.2 Å². The van der Waals surface area contributed by atoms with Crippen LogP contribution in [0.1, 0.15) is 12.5 Å². The van der Waals surface area contributed by atoms with Gasteiger partial charge in [-0.25, -0.2) is 9.18 Å². The minimum Gasteiger partial charge on any atom is -0.477 e. The van der Waals surface area contributed by atoms with Gasteiger partial charge in [-0.1, -0.05) is 11.6 Å². The van der Waals surface area contributed by atoms with Gasteiger partial charge in [0.25, 0.3) is 5.56 Å². The fourth-order valence-electron chi connectivity index (χ4n) is 1.92. The molecule has 1 atom stereocenters. The molecule has 0 saturated heterocycles. The van der Waals surface area contributed by atoms with Crippen LogP contribution in [0.5, 0.6) is 5.75 Å². The number of rotatable bonds is 4. The smallest absolute Gasteiger partial charge is 0.418 e. The summed E-state index contributed by atoms with van der Waals surface area (Å²) in [7, 11) is 1.13. The minimum absolute atomic E-state index is 0.186. The number of benzene rings is 1. The fraction of sp³-hybridized carbons (Fsp3) is 0.267. The van der Waals surface area contributed by atoms with Crippen molar-refractivity contribution in [1.29, 1.82) is 0 Å². The molecular formula is C15H11ClF4N2O4. The van der Waals surface area contributed by atoms with Crippen LogP contribution in [0.25, 0.3) is 5.69 Å². The maximum Gasteiger partial charge on any atom is 0.418 e. The summed E-state index contributed by atoms with van der Waals surface area (Å²) in [5.74, 6) is -1.95. The molecule has 0 fully saturated rings. The van der Waals surface area contributed by atoms with Gasteiger partial charge in [0.05, 0.1) is 23.9 Å². The van der Waals surface area contributed by atoms with Gasteiger partial charge in [0.2, 0.25) is 0 Å². The van der Waals surface area contributed by atoms with Gasteiger partial charge in [-0.3, -0.25) is 4.79 Å². The molecule has 0 amide bonds. The first kappa shape index (κ1) is 19.7. The maximum absolute atomic E-state index is 14.1. The van der Waals surface area contributed by atoms with Crippen molar-refractivity contribution in [2.24, 2.45) is 0 Å². The van der Waals surface area contributed by atoms with E-state index in [2.05, 4.69) is 9.84 Å². The van der Waals surface area contributed by atoms with Gasteiger partial charge in [-0.05, 0) is 13.0 Å². The standard InChI is InChI=1S/C15H11ClF4N2O4/c1-7(14(24)25-2)26-12-5-11(10(17)4-9(12)16)22-13(23)3-8(6-21-22)15(18,19)20/h3-7H,1-2H3. The first-order valence-corrected chi connectivity index (χ1v) is 7.33. The van der Waals surface area contributed by atoms with Crippen molar-refractivity contribution in [3.63, 3.8) is 0 Å². The first-order valence-electron chi connectivity index (χ1n) is 6.95. The molecule has 1 heterocycles. The monoisotopic (exact) mass is 394 g/mol. The predicted molar refractivity (Wildman–Crippen MR) is 81.9 cm³/mol. The molecule has 2 rings (SSSR count). The van der Waals surface area contributed by atoms with Gasteiger partial charge < -0.3 is 9.47 Å². The zero-order valence-corrected chi connectivity index (χ0v) is 14.1. The Morgan fingerprint density at radius 1 is 1.31 bits per heavy atom. The molecule has 2 aromatic rings. The van der Waals surface area contributed by atoms with E-state index in [4.69, 9.17) is 16.3 Å². The van der Waals surface area contributed by atoms with Crippen molar-refractivity contribution in [2.75, 3.05) is 7.11 Å². The quantitative estimate of drug-likeness (QED) is 0.589. The largest absolute Gasteiger partial charge is 0.477 e. The zero-order chi connectivity index (χ0) is 19.6. The molecule has 26 heavy (non-hydrogen) atoms. The van der Waals surface area contributed by atoms with E-state index in [0.29, 0.717) is 10.9 Å². The average Bonchev–Trinajstić information content (AvgIpc) is 2.55.